The van der Waals surface area contributed by atoms with E-state index in [4.69, 9.17) is 16.3 Å². The van der Waals surface area contributed by atoms with Gasteiger partial charge in [-0.1, -0.05) is 0 Å². The second-order valence-corrected chi connectivity index (χ2v) is 3.99. The van der Waals surface area contributed by atoms with Gasteiger partial charge in [0.15, 0.2) is 0 Å². The molecule has 0 unspecified atom stereocenters. The number of piperidine rings is 1. The molecule has 13 heavy (non-hydrogen) atoms. The largest absolute Gasteiger partial charge is 0.450 e. The number of hydrogen-bond donors (Lipinski definition) is 0. The molecule has 1 heterocycles. The Kier molecular flexibility index (Phi) is 4.00. The van der Waals surface area contributed by atoms with Crippen LogP contribution in [0.3, 0.4) is 0 Å². The summed E-state index contributed by atoms with van der Waals surface area (Å²) in [5.41, 5.74) is -0.678. The summed E-state index contributed by atoms with van der Waals surface area (Å²) in [5, 5.41) is 0. The smallest absolute Gasteiger partial charge is 0.404 e. The van der Waals surface area contributed by atoms with Crippen LogP contribution in [-0.2, 0) is 4.74 Å². The van der Waals surface area contributed by atoms with E-state index in [9.17, 15) is 4.79 Å². The molecule has 1 fully saturated rings. The quantitative estimate of drug-likeness (QED) is 0.648. The van der Waals surface area contributed by atoms with Gasteiger partial charge in [-0.3, -0.25) is 0 Å². The Balaban J connectivity index is 2.26. The molecule has 0 aromatic heterocycles. The van der Waals surface area contributed by atoms with E-state index >= 15 is 0 Å². The topological polar surface area (TPSA) is 29.5 Å². The maximum atomic E-state index is 10.5. The molecule has 1 aliphatic rings. The van der Waals surface area contributed by atoms with Crippen LogP contribution in [0, 0.1) is 0 Å². The van der Waals surface area contributed by atoms with Crippen LogP contribution in [0.4, 0.5) is 4.79 Å². The highest BCUT2D eigenvalue weighted by atomic mass is 35.5. The van der Waals surface area contributed by atoms with Crippen molar-refractivity contribution in [2.75, 3.05) is 13.1 Å². The molecule has 1 rings (SSSR count). The van der Waals surface area contributed by atoms with Gasteiger partial charge in [0.1, 0.15) is 6.10 Å². The molecule has 0 atom stereocenters. The molecule has 1 saturated heterocycles. The van der Waals surface area contributed by atoms with E-state index in [0.717, 1.165) is 25.9 Å². The summed E-state index contributed by atoms with van der Waals surface area (Å²) < 4.78 is 4.92. The summed E-state index contributed by atoms with van der Waals surface area (Å²) in [7, 11) is 0. The number of rotatable bonds is 2. The van der Waals surface area contributed by atoms with Gasteiger partial charge in [-0.2, -0.15) is 0 Å². The standard InChI is InChI=1S/C9H16ClNO2/c1-7(2)11-5-3-8(4-6-11)13-9(10)12/h7-8H,3-6H2,1-2H3. The fourth-order valence-electron chi connectivity index (χ4n) is 1.64. The van der Waals surface area contributed by atoms with E-state index in [1.165, 1.54) is 0 Å². The van der Waals surface area contributed by atoms with Crippen LogP contribution in [-0.4, -0.2) is 35.6 Å². The van der Waals surface area contributed by atoms with Crippen LogP contribution in [0.5, 0.6) is 0 Å². The lowest BCUT2D eigenvalue weighted by atomic mass is 10.1. The highest BCUT2D eigenvalue weighted by Gasteiger charge is 2.22. The van der Waals surface area contributed by atoms with Crippen molar-refractivity contribution in [3.8, 4) is 0 Å². The molecule has 3 nitrogen and oxygen atoms in total. The Bertz CT molecular complexity index is 176. The van der Waals surface area contributed by atoms with Gasteiger partial charge in [-0.25, -0.2) is 4.79 Å². The average Bonchev–Trinajstić information content (AvgIpc) is 2.04. The van der Waals surface area contributed by atoms with Gasteiger partial charge in [0, 0.05) is 30.7 Å². The highest BCUT2D eigenvalue weighted by Crippen LogP contribution is 2.16. The molecule has 0 bridgehead atoms. The number of carbonyl (C=O) groups excluding carboxylic acids is 1. The molecule has 4 heteroatoms. The number of nitrogens with zero attached hydrogens (tertiary/aromatic N) is 1. The molecule has 0 aliphatic carbocycles. The number of carbonyl (C=O) groups is 1. The Morgan fingerprint density at radius 1 is 1.46 bits per heavy atom. The maximum Gasteiger partial charge on any atom is 0.404 e. The molecule has 0 N–H and O–H groups in total. The van der Waals surface area contributed by atoms with Gasteiger partial charge in [-0.05, 0) is 26.7 Å². The predicted octanol–water partition coefficient (Wildman–Crippen LogP) is 2.23. The molecule has 0 aromatic rings. The third kappa shape index (κ3) is 3.53. The van der Waals surface area contributed by atoms with Gasteiger partial charge >= 0.3 is 5.43 Å². The molecule has 0 spiro atoms. The number of likely N-dealkylation sites (tertiary alicyclic amines) is 1. The van der Waals surface area contributed by atoms with Crippen LogP contribution in [0.25, 0.3) is 0 Å². The third-order valence-electron chi connectivity index (χ3n) is 2.47. The zero-order chi connectivity index (χ0) is 9.84. The van der Waals surface area contributed by atoms with Crippen molar-refractivity contribution in [3.63, 3.8) is 0 Å². The first-order valence-corrected chi connectivity index (χ1v) is 5.07. The van der Waals surface area contributed by atoms with Gasteiger partial charge in [0.05, 0.1) is 0 Å². The van der Waals surface area contributed by atoms with Gasteiger partial charge in [-0.15, -0.1) is 0 Å². The molecule has 0 aromatic carbocycles. The fraction of sp³-hybridized carbons (Fsp3) is 0.889. The van der Waals surface area contributed by atoms with E-state index in [0.29, 0.717) is 6.04 Å². The van der Waals surface area contributed by atoms with E-state index in [1.54, 1.807) is 0 Å². The summed E-state index contributed by atoms with van der Waals surface area (Å²) in [6.07, 6.45) is 1.83. The van der Waals surface area contributed by atoms with Gasteiger partial charge in [0.2, 0.25) is 0 Å². The van der Waals surface area contributed by atoms with Gasteiger partial charge < -0.3 is 9.64 Å². The Morgan fingerprint density at radius 3 is 2.38 bits per heavy atom. The first-order chi connectivity index (χ1) is 6.09. The zero-order valence-corrected chi connectivity index (χ0v) is 8.88. The van der Waals surface area contributed by atoms with Crippen LogP contribution in [0.1, 0.15) is 26.7 Å². The second-order valence-electron chi connectivity index (χ2n) is 3.68. The molecule has 0 amide bonds. The Hall–Kier alpha value is -0.280. The normalized spacial score (nSPS) is 20.6. The minimum Gasteiger partial charge on any atom is -0.450 e. The lowest BCUT2D eigenvalue weighted by Gasteiger charge is -2.33. The van der Waals surface area contributed by atoms with Crippen molar-refractivity contribution in [2.45, 2.75) is 38.8 Å². The van der Waals surface area contributed by atoms with E-state index in [1.807, 2.05) is 0 Å². The van der Waals surface area contributed by atoms with Crippen molar-refractivity contribution in [3.05, 3.63) is 0 Å². The van der Waals surface area contributed by atoms with Crippen molar-refractivity contribution in [2.24, 2.45) is 0 Å². The average molecular weight is 206 g/mol. The number of halogens is 1. The first kappa shape index (κ1) is 10.8. The molecule has 1 aliphatic heterocycles. The summed E-state index contributed by atoms with van der Waals surface area (Å²) in [6, 6.07) is 0.577. The highest BCUT2D eigenvalue weighted by molar-refractivity contribution is 6.61. The van der Waals surface area contributed by atoms with Crippen LogP contribution < -0.4 is 0 Å². The SMILES string of the molecule is CC(C)N1CCC(OC(=O)Cl)CC1. The summed E-state index contributed by atoms with van der Waals surface area (Å²) >= 11 is 5.14. The van der Waals surface area contributed by atoms with Crippen molar-refractivity contribution in [1.29, 1.82) is 0 Å². The van der Waals surface area contributed by atoms with E-state index < -0.39 is 5.43 Å². The zero-order valence-electron chi connectivity index (χ0n) is 8.12. The lowest BCUT2D eigenvalue weighted by Crippen LogP contribution is -2.41. The number of hydrogen-bond acceptors (Lipinski definition) is 3. The Morgan fingerprint density at radius 2 is 2.00 bits per heavy atom. The van der Waals surface area contributed by atoms with E-state index in [2.05, 4.69) is 18.7 Å². The van der Waals surface area contributed by atoms with Crippen LogP contribution in [0.2, 0.25) is 0 Å². The van der Waals surface area contributed by atoms with Crippen LogP contribution in [0.15, 0.2) is 0 Å². The maximum absolute atomic E-state index is 10.5. The van der Waals surface area contributed by atoms with Crippen LogP contribution >= 0.6 is 11.6 Å². The van der Waals surface area contributed by atoms with Crippen molar-refractivity contribution in [1.82, 2.24) is 4.90 Å². The predicted molar refractivity (Wildman–Crippen MR) is 52.1 cm³/mol. The van der Waals surface area contributed by atoms with E-state index in [-0.39, 0.29) is 6.10 Å². The summed E-state index contributed by atoms with van der Waals surface area (Å²) in [4.78, 5) is 12.8. The lowest BCUT2D eigenvalue weighted by molar-refractivity contribution is 0.0553. The minimum atomic E-state index is -0.678. The monoisotopic (exact) mass is 205 g/mol. The Labute approximate surface area is 84.0 Å². The van der Waals surface area contributed by atoms with Crippen molar-refractivity contribution >= 4 is 17.0 Å². The number of ether oxygens (including phenoxy) is 1. The summed E-state index contributed by atoms with van der Waals surface area (Å²) in [5.74, 6) is 0. The molecule has 76 valence electrons. The fourth-order valence-corrected chi connectivity index (χ4v) is 1.77. The van der Waals surface area contributed by atoms with Crippen molar-refractivity contribution < 1.29 is 9.53 Å². The van der Waals surface area contributed by atoms with Gasteiger partial charge in [0.25, 0.3) is 0 Å². The first-order valence-electron chi connectivity index (χ1n) is 4.69. The molecular formula is C9H16ClNO2. The summed E-state index contributed by atoms with van der Waals surface area (Å²) in [6.45, 7) is 6.33. The second kappa shape index (κ2) is 4.82. The minimum absolute atomic E-state index is 0.0278. The molecular weight excluding hydrogens is 190 g/mol. The molecule has 0 radical (unpaired) electrons. The third-order valence-corrected chi connectivity index (χ3v) is 2.56. The molecule has 0 saturated carbocycles.